The predicted molar refractivity (Wildman–Crippen MR) is 99.9 cm³/mol. The summed E-state index contributed by atoms with van der Waals surface area (Å²) in [6.45, 7) is 4.53. The maximum absolute atomic E-state index is 14.1. The maximum atomic E-state index is 14.1. The zero-order valence-corrected chi connectivity index (χ0v) is 17.5. The number of carbonyl (C=O) groups excluding carboxylic acids is 1. The molecule has 0 heterocycles. The molecule has 0 aromatic heterocycles. The van der Waals surface area contributed by atoms with Crippen molar-refractivity contribution in [1.82, 2.24) is 5.09 Å². The molecule has 31 heavy (non-hydrogen) atoms. The lowest BCUT2D eigenvalue weighted by molar-refractivity contribution is -0.146. The van der Waals surface area contributed by atoms with Crippen LogP contribution >= 0.6 is 7.75 Å². The van der Waals surface area contributed by atoms with E-state index in [1.54, 1.807) is 6.07 Å². The predicted octanol–water partition coefficient (Wildman–Crippen LogP) is 5.13. The van der Waals surface area contributed by atoms with Crippen LogP contribution in [0, 0.1) is 35.0 Å². The fourth-order valence-corrected chi connectivity index (χ4v) is 4.04. The number of para-hydroxylation sites is 1. The van der Waals surface area contributed by atoms with E-state index in [-0.39, 0.29) is 12.4 Å². The number of nitrogens with one attached hydrogen (secondary N) is 1. The van der Waals surface area contributed by atoms with Gasteiger partial charge in [0.1, 0.15) is 11.8 Å². The summed E-state index contributed by atoms with van der Waals surface area (Å²) in [5.74, 6) is -15.2. The van der Waals surface area contributed by atoms with Gasteiger partial charge in [0.25, 0.3) is 0 Å². The van der Waals surface area contributed by atoms with Gasteiger partial charge in [-0.2, -0.15) is 13.9 Å². The van der Waals surface area contributed by atoms with Crippen molar-refractivity contribution in [3.63, 3.8) is 0 Å². The first kappa shape index (κ1) is 24.6. The van der Waals surface area contributed by atoms with E-state index in [1.165, 1.54) is 45.0 Å². The van der Waals surface area contributed by atoms with Crippen molar-refractivity contribution in [3.05, 3.63) is 59.4 Å². The van der Waals surface area contributed by atoms with Crippen LogP contribution in [0.2, 0.25) is 0 Å². The van der Waals surface area contributed by atoms with Crippen LogP contribution in [0.25, 0.3) is 0 Å². The Balaban J connectivity index is 2.53. The number of carbonyl (C=O) groups is 1. The highest BCUT2D eigenvalue weighted by Gasteiger charge is 2.40. The molecule has 0 radical (unpaired) electrons. The van der Waals surface area contributed by atoms with Crippen LogP contribution in [0.1, 0.15) is 20.8 Å². The second kappa shape index (κ2) is 10.1. The van der Waals surface area contributed by atoms with E-state index in [4.69, 9.17) is 13.8 Å². The third-order valence-corrected chi connectivity index (χ3v) is 5.32. The summed E-state index contributed by atoms with van der Waals surface area (Å²) in [7, 11) is -4.95. The average molecular weight is 467 g/mol. The average Bonchev–Trinajstić information content (AvgIpc) is 2.73. The van der Waals surface area contributed by atoms with E-state index >= 15 is 0 Å². The second-order valence-corrected chi connectivity index (χ2v) is 8.11. The highest BCUT2D eigenvalue weighted by atomic mass is 31.2. The van der Waals surface area contributed by atoms with Gasteiger partial charge in [-0.15, -0.1) is 0 Å². The Hall–Kier alpha value is -2.65. The molecule has 2 rings (SSSR count). The monoisotopic (exact) mass is 467 g/mol. The molecule has 0 aliphatic heterocycles. The minimum Gasteiger partial charge on any atom is -0.465 e. The molecular formula is C19H19F5NO5P. The molecule has 2 aromatic rings. The first-order chi connectivity index (χ1) is 14.5. The molecule has 6 nitrogen and oxygen atoms in total. The number of benzene rings is 2. The van der Waals surface area contributed by atoms with Crippen LogP contribution in [0.15, 0.2) is 30.3 Å². The molecule has 0 saturated heterocycles. The van der Waals surface area contributed by atoms with Gasteiger partial charge in [-0.05, 0) is 25.0 Å². The van der Waals surface area contributed by atoms with Crippen molar-refractivity contribution in [1.29, 1.82) is 0 Å². The Labute approximate surface area is 174 Å². The summed E-state index contributed by atoms with van der Waals surface area (Å²) in [6.07, 6.45) is 0. The summed E-state index contributed by atoms with van der Waals surface area (Å²) in [5.41, 5.74) is 0. The Morgan fingerprint density at radius 3 is 1.94 bits per heavy atom. The van der Waals surface area contributed by atoms with Crippen LogP contribution in [-0.2, 0) is 14.1 Å². The van der Waals surface area contributed by atoms with Crippen LogP contribution < -0.4 is 14.1 Å². The minimum atomic E-state index is -4.95. The Morgan fingerprint density at radius 2 is 1.45 bits per heavy atom. The lowest BCUT2D eigenvalue weighted by Crippen LogP contribution is -2.42. The lowest BCUT2D eigenvalue weighted by atomic mass is 10.1. The molecule has 1 unspecified atom stereocenters. The highest BCUT2D eigenvalue weighted by molar-refractivity contribution is 7.52. The van der Waals surface area contributed by atoms with E-state index in [0.29, 0.717) is 0 Å². The highest BCUT2D eigenvalue weighted by Crippen LogP contribution is 2.48. The van der Waals surface area contributed by atoms with Crippen molar-refractivity contribution in [2.45, 2.75) is 26.8 Å². The van der Waals surface area contributed by atoms with Gasteiger partial charge < -0.3 is 13.8 Å². The Bertz CT molecular complexity index is 960. The molecule has 0 aliphatic carbocycles. The first-order valence-corrected chi connectivity index (χ1v) is 10.5. The van der Waals surface area contributed by atoms with Crippen molar-refractivity contribution in [2.24, 2.45) is 5.92 Å². The van der Waals surface area contributed by atoms with Crippen LogP contribution in [0.5, 0.6) is 11.5 Å². The molecule has 0 saturated carbocycles. The van der Waals surface area contributed by atoms with Gasteiger partial charge in [0, 0.05) is 0 Å². The number of esters is 1. The van der Waals surface area contributed by atoms with E-state index in [0.717, 1.165) is 0 Å². The number of rotatable bonds is 9. The normalized spacial score (nSPS) is 14.1. The zero-order chi connectivity index (χ0) is 23.3. The molecule has 0 spiro atoms. The molecular weight excluding hydrogens is 448 g/mol. The molecule has 2 aromatic carbocycles. The largest absolute Gasteiger partial charge is 0.513 e. The summed E-state index contributed by atoms with van der Waals surface area (Å²) < 4.78 is 96.8. The summed E-state index contributed by atoms with van der Waals surface area (Å²) in [5, 5.41) is 2.18. The Kier molecular flexibility index (Phi) is 8.02. The van der Waals surface area contributed by atoms with Crippen molar-refractivity contribution in [2.75, 3.05) is 6.61 Å². The van der Waals surface area contributed by atoms with Crippen LogP contribution in [-0.4, -0.2) is 18.6 Å². The van der Waals surface area contributed by atoms with Gasteiger partial charge in [0.05, 0.1) is 6.61 Å². The second-order valence-electron chi connectivity index (χ2n) is 6.49. The number of halogens is 5. The van der Waals surface area contributed by atoms with Gasteiger partial charge in [0.15, 0.2) is 0 Å². The molecule has 0 bridgehead atoms. The van der Waals surface area contributed by atoms with Gasteiger partial charge in [-0.3, -0.25) is 4.79 Å². The fourth-order valence-electron chi connectivity index (χ4n) is 2.35. The Morgan fingerprint density at radius 1 is 0.935 bits per heavy atom. The molecule has 1 N–H and O–H groups in total. The van der Waals surface area contributed by atoms with Gasteiger partial charge in [-0.25, -0.2) is 17.7 Å². The number of hydrogen-bond donors (Lipinski definition) is 1. The van der Waals surface area contributed by atoms with Gasteiger partial charge >= 0.3 is 13.7 Å². The lowest BCUT2D eigenvalue weighted by Gasteiger charge is -2.26. The third kappa shape index (κ3) is 5.74. The van der Waals surface area contributed by atoms with Crippen molar-refractivity contribution >= 4 is 13.7 Å². The van der Waals surface area contributed by atoms with E-state index in [2.05, 4.69) is 5.09 Å². The van der Waals surface area contributed by atoms with Crippen LogP contribution in [0.3, 0.4) is 0 Å². The maximum Gasteiger partial charge on any atom is 0.513 e. The summed E-state index contributed by atoms with van der Waals surface area (Å²) in [4.78, 5) is 12.2. The van der Waals surface area contributed by atoms with E-state index < -0.39 is 60.5 Å². The summed E-state index contributed by atoms with van der Waals surface area (Å²) >= 11 is 0. The standard InChI is InChI=1S/C19H19F5NO5P/c1-4-28-19(26)17(10(2)3)25-31(27,29-11-8-6-5-7-9-11)30-18-15(23)13(21)12(20)14(22)16(18)24/h5-10,17H,4H2,1-3H3,(H,25,27)/t17-,31?/m0/s1. The quantitative estimate of drug-likeness (QED) is 0.181. The summed E-state index contributed by atoms with van der Waals surface area (Å²) in [6, 6.07) is 5.73. The van der Waals surface area contributed by atoms with Gasteiger partial charge in [-0.1, -0.05) is 32.0 Å². The van der Waals surface area contributed by atoms with E-state index in [9.17, 15) is 31.3 Å². The SMILES string of the molecule is CCOC(=O)[C@@H](NP(=O)(Oc1ccccc1)Oc1c(F)c(F)c(F)c(F)c1F)C(C)C. The minimum absolute atomic E-state index is 0.0356. The molecule has 2 atom stereocenters. The smallest absolute Gasteiger partial charge is 0.465 e. The molecule has 170 valence electrons. The van der Waals surface area contributed by atoms with Crippen molar-refractivity contribution < 1.29 is 45.1 Å². The zero-order valence-electron chi connectivity index (χ0n) is 16.6. The number of ether oxygens (including phenoxy) is 1. The van der Waals surface area contributed by atoms with E-state index in [1.807, 2.05) is 0 Å². The first-order valence-electron chi connectivity index (χ1n) is 9.00. The fraction of sp³-hybridized carbons (Fsp3) is 0.316. The molecule has 12 heteroatoms. The molecule has 0 aliphatic rings. The van der Waals surface area contributed by atoms with Gasteiger partial charge in [0.2, 0.25) is 34.8 Å². The van der Waals surface area contributed by atoms with Crippen molar-refractivity contribution in [3.8, 4) is 11.5 Å². The van der Waals surface area contributed by atoms with Crippen LogP contribution in [0.4, 0.5) is 22.0 Å². The molecule has 0 amide bonds. The molecule has 0 fully saturated rings. The third-order valence-electron chi connectivity index (χ3n) is 3.85. The topological polar surface area (TPSA) is 73.9 Å². The number of hydrogen-bond acceptors (Lipinski definition) is 5.